The highest BCUT2D eigenvalue weighted by molar-refractivity contribution is 6.05. The number of piperazine rings is 1. The van der Waals surface area contributed by atoms with Crippen molar-refractivity contribution in [2.75, 3.05) is 49.1 Å². The van der Waals surface area contributed by atoms with Crippen molar-refractivity contribution in [3.05, 3.63) is 89.1 Å². The number of carbonyl (C=O) groups is 1. The monoisotopic (exact) mass is 471 g/mol. The predicted molar refractivity (Wildman–Crippen MR) is 134 cm³/mol. The van der Waals surface area contributed by atoms with Crippen molar-refractivity contribution in [1.82, 2.24) is 19.9 Å². The minimum absolute atomic E-state index is 0.117. The molecule has 0 radical (unpaired) electrons. The maximum Gasteiger partial charge on any atom is 0.292 e. The summed E-state index contributed by atoms with van der Waals surface area (Å²) in [6.45, 7) is 4.24. The van der Waals surface area contributed by atoms with Crippen LogP contribution in [0.25, 0.3) is 10.9 Å². The number of nitro benzene ring substituents is 1. The largest absolute Gasteiger partial charge is 0.368 e. The van der Waals surface area contributed by atoms with Gasteiger partial charge in [0.2, 0.25) is 0 Å². The van der Waals surface area contributed by atoms with E-state index in [4.69, 9.17) is 0 Å². The van der Waals surface area contributed by atoms with Gasteiger partial charge in [-0.1, -0.05) is 18.2 Å². The summed E-state index contributed by atoms with van der Waals surface area (Å²) in [5, 5.41) is 12.9. The van der Waals surface area contributed by atoms with Gasteiger partial charge in [0.1, 0.15) is 11.4 Å². The number of aromatic amines is 1. The number of nitrogens with one attached hydrogen (secondary N) is 1. The maximum atomic E-state index is 13.3. The third-order valence-corrected chi connectivity index (χ3v) is 6.32. The van der Waals surface area contributed by atoms with Crippen LogP contribution in [0.2, 0.25) is 0 Å². The fourth-order valence-electron chi connectivity index (χ4n) is 4.52. The molecule has 0 bridgehead atoms. The van der Waals surface area contributed by atoms with Crippen molar-refractivity contribution >= 4 is 33.9 Å². The number of fused-ring (bicyclic) bond motifs is 1. The van der Waals surface area contributed by atoms with Gasteiger partial charge in [0, 0.05) is 80.5 Å². The first-order valence-electron chi connectivity index (χ1n) is 11.5. The smallest absolute Gasteiger partial charge is 0.292 e. The number of aromatic nitrogens is 3. The predicted octanol–water partition coefficient (Wildman–Crippen LogP) is 3.34. The number of H-pyrrole nitrogens is 1. The summed E-state index contributed by atoms with van der Waals surface area (Å²) in [4.78, 5) is 41.9. The highest BCUT2D eigenvalue weighted by atomic mass is 16.6. The third-order valence-electron chi connectivity index (χ3n) is 6.32. The number of para-hydroxylation sites is 2. The van der Waals surface area contributed by atoms with Crippen LogP contribution < -0.4 is 9.80 Å². The van der Waals surface area contributed by atoms with E-state index in [1.54, 1.807) is 18.2 Å². The summed E-state index contributed by atoms with van der Waals surface area (Å²) < 4.78 is 0. The van der Waals surface area contributed by atoms with Gasteiger partial charge in [-0.2, -0.15) is 0 Å². The zero-order valence-corrected chi connectivity index (χ0v) is 19.1. The first kappa shape index (κ1) is 22.5. The molecule has 3 heterocycles. The Morgan fingerprint density at radius 2 is 1.89 bits per heavy atom. The van der Waals surface area contributed by atoms with Gasteiger partial charge in [-0.05, 0) is 24.3 Å². The lowest BCUT2D eigenvalue weighted by Crippen LogP contribution is -2.49. The lowest BCUT2D eigenvalue weighted by Gasteiger charge is -2.37. The minimum Gasteiger partial charge on any atom is -0.368 e. The fourth-order valence-corrected chi connectivity index (χ4v) is 4.52. The van der Waals surface area contributed by atoms with Crippen LogP contribution >= 0.6 is 0 Å². The molecule has 4 aromatic rings. The van der Waals surface area contributed by atoms with E-state index in [0.717, 1.165) is 31.7 Å². The summed E-state index contributed by atoms with van der Waals surface area (Å²) in [7, 11) is 0. The van der Waals surface area contributed by atoms with Crippen molar-refractivity contribution in [3.63, 3.8) is 0 Å². The molecule has 5 rings (SSSR count). The van der Waals surface area contributed by atoms with E-state index in [2.05, 4.69) is 49.0 Å². The summed E-state index contributed by atoms with van der Waals surface area (Å²) in [6.07, 6.45) is 6.26. The van der Waals surface area contributed by atoms with E-state index in [-0.39, 0.29) is 17.1 Å². The summed E-state index contributed by atoms with van der Waals surface area (Å²) >= 11 is 0. The van der Waals surface area contributed by atoms with Crippen molar-refractivity contribution in [2.45, 2.75) is 0 Å². The highest BCUT2D eigenvalue weighted by Gasteiger charge is 2.27. The standard InChI is InChI=1S/C25H25N7O3/c33-25(21-18-26-10-11-28-21)31(23-5-1-2-6-24(23)32(34)35)17-14-29-12-15-30(16-13-29)22-7-3-4-20-19(22)8-9-27-20/h1-11,18,27H,12-17H2. The van der Waals surface area contributed by atoms with Crippen LogP contribution in [0, 0.1) is 10.1 Å². The number of carbonyl (C=O) groups excluding carboxylic acids is 1. The Morgan fingerprint density at radius 3 is 2.66 bits per heavy atom. The van der Waals surface area contributed by atoms with Crippen LogP contribution in [0.1, 0.15) is 10.5 Å². The lowest BCUT2D eigenvalue weighted by atomic mass is 10.1. The molecule has 0 unspecified atom stereocenters. The molecule has 35 heavy (non-hydrogen) atoms. The summed E-state index contributed by atoms with van der Waals surface area (Å²) in [6, 6.07) is 14.7. The number of hydrogen-bond donors (Lipinski definition) is 1. The van der Waals surface area contributed by atoms with Crippen LogP contribution in [0.15, 0.2) is 73.3 Å². The molecular formula is C25H25N7O3. The van der Waals surface area contributed by atoms with E-state index in [1.807, 2.05) is 6.20 Å². The number of benzene rings is 2. The molecule has 0 atom stereocenters. The van der Waals surface area contributed by atoms with Crippen LogP contribution in [-0.2, 0) is 0 Å². The molecule has 178 valence electrons. The second-order valence-corrected chi connectivity index (χ2v) is 8.34. The van der Waals surface area contributed by atoms with E-state index in [0.29, 0.717) is 13.1 Å². The molecule has 1 aliphatic heterocycles. The molecule has 0 aliphatic carbocycles. The van der Waals surface area contributed by atoms with E-state index >= 15 is 0 Å². The molecule has 1 fully saturated rings. The average Bonchev–Trinajstić information content (AvgIpc) is 3.39. The van der Waals surface area contributed by atoms with Gasteiger partial charge in [-0.3, -0.25) is 29.7 Å². The Kier molecular flexibility index (Phi) is 6.36. The molecule has 1 amide bonds. The number of amides is 1. The quantitative estimate of drug-likeness (QED) is 0.325. The SMILES string of the molecule is O=C(c1cnccn1)N(CCN1CCN(c2cccc3[nH]ccc23)CC1)c1ccccc1[N+](=O)[O-]. The number of hydrogen-bond acceptors (Lipinski definition) is 7. The van der Waals surface area contributed by atoms with Crippen LogP contribution in [0.3, 0.4) is 0 Å². The molecular weight excluding hydrogens is 446 g/mol. The van der Waals surface area contributed by atoms with Crippen molar-refractivity contribution in [3.8, 4) is 0 Å². The fraction of sp³-hybridized carbons (Fsp3) is 0.240. The summed E-state index contributed by atoms with van der Waals surface area (Å²) in [5.41, 5.74) is 2.62. The second kappa shape index (κ2) is 9.90. The van der Waals surface area contributed by atoms with E-state index in [9.17, 15) is 14.9 Å². The van der Waals surface area contributed by atoms with Gasteiger partial charge < -0.3 is 9.88 Å². The second-order valence-electron chi connectivity index (χ2n) is 8.34. The zero-order chi connectivity index (χ0) is 24.2. The Labute approximate surface area is 202 Å². The molecule has 2 aromatic heterocycles. The van der Waals surface area contributed by atoms with Gasteiger partial charge in [0.25, 0.3) is 11.6 Å². The van der Waals surface area contributed by atoms with Gasteiger partial charge in [0.15, 0.2) is 0 Å². The van der Waals surface area contributed by atoms with Gasteiger partial charge in [-0.25, -0.2) is 4.98 Å². The number of rotatable bonds is 7. The Balaban J connectivity index is 1.30. The van der Waals surface area contributed by atoms with Crippen molar-refractivity contribution in [1.29, 1.82) is 0 Å². The van der Waals surface area contributed by atoms with Gasteiger partial charge in [0.05, 0.1) is 11.1 Å². The topological polar surface area (TPSA) is 112 Å². The molecule has 0 saturated carbocycles. The molecule has 1 saturated heterocycles. The maximum absolute atomic E-state index is 13.3. The van der Waals surface area contributed by atoms with Crippen LogP contribution in [-0.4, -0.2) is 70.0 Å². The van der Waals surface area contributed by atoms with Crippen LogP contribution in [0.5, 0.6) is 0 Å². The van der Waals surface area contributed by atoms with Crippen molar-refractivity contribution < 1.29 is 9.72 Å². The van der Waals surface area contributed by atoms with Crippen LogP contribution in [0.4, 0.5) is 17.1 Å². The highest BCUT2D eigenvalue weighted by Crippen LogP contribution is 2.29. The van der Waals surface area contributed by atoms with Gasteiger partial charge in [-0.15, -0.1) is 0 Å². The Morgan fingerprint density at radius 1 is 1.06 bits per heavy atom. The number of nitro groups is 1. The lowest BCUT2D eigenvalue weighted by molar-refractivity contribution is -0.384. The number of anilines is 2. The van der Waals surface area contributed by atoms with Gasteiger partial charge >= 0.3 is 0 Å². The molecule has 10 heteroatoms. The van der Waals surface area contributed by atoms with E-state index < -0.39 is 10.8 Å². The first-order chi connectivity index (χ1) is 17.1. The molecule has 1 N–H and O–H groups in total. The molecule has 2 aromatic carbocycles. The Hall–Kier alpha value is -4.31. The Bertz CT molecular complexity index is 1330. The molecule has 0 spiro atoms. The zero-order valence-electron chi connectivity index (χ0n) is 19.1. The molecule has 10 nitrogen and oxygen atoms in total. The minimum atomic E-state index is -0.466. The number of nitrogens with zero attached hydrogens (tertiary/aromatic N) is 6. The van der Waals surface area contributed by atoms with E-state index in [1.165, 1.54) is 40.6 Å². The third kappa shape index (κ3) is 4.69. The average molecular weight is 472 g/mol. The normalized spacial score (nSPS) is 14.2. The molecule has 1 aliphatic rings. The van der Waals surface area contributed by atoms with Crippen molar-refractivity contribution in [2.24, 2.45) is 0 Å². The first-order valence-corrected chi connectivity index (χ1v) is 11.5. The summed E-state index contributed by atoms with van der Waals surface area (Å²) in [5.74, 6) is -0.412.